The van der Waals surface area contributed by atoms with Crippen molar-refractivity contribution in [2.45, 2.75) is 12.6 Å². The van der Waals surface area contributed by atoms with E-state index in [1.54, 1.807) is 0 Å². The molecule has 0 atom stereocenters. The fourth-order valence-corrected chi connectivity index (χ4v) is 1.02. The number of nitrogens with zero attached hydrogens (tertiary/aromatic N) is 1. The largest absolute Gasteiger partial charge is 0.417 e. The number of hydrogen-bond donors (Lipinski definition) is 1. The molecule has 0 aromatic carbocycles. The topological polar surface area (TPSA) is 38.9 Å². The Morgan fingerprint density at radius 2 is 2.07 bits per heavy atom. The number of halogens is 3. The second-order valence-electron chi connectivity index (χ2n) is 2.68. The van der Waals surface area contributed by atoms with E-state index in [4.69, 9.17) is 5.73 Å². The summed E-state index contributed by atoms with van der Waals surface area (Å²) in [6.45, 7) is 0. The van der Waals surface area contributed by atoms with Gasteiger partial charge in [0.05, 0.1) is 10.6 Å². The normalized spacial score (nSPS) is 11.4. The zero-order valence-electron chi connectivity index (χ0n) is 7.01. The lowest BCUT2D eigenvalue weighted by Gasteiger charge is -2.06. The van der Waals surface area contributed by atoms with Crippen LogP contribution in [0.2, 0.25) is 0 Å². The minimum atomic E-state index is -4.35. The van der Waals surface area contributed by atoms with Crippen LogP contribution in [-0.2, 0) is 12.6 Å². The average molecular weight is 220 g/mol. The zero-order chi connectivity index (χ0) is 10.8. The van der Waals surface area contributed by atoms with Crippen LogP contribution < -0.4 is 5.73 Å². The summed E-state index contributed by atoms with van der Waals surface area (Å²) in [6, 6.07) is 2.22. The van der Waals surface area contributed by atoms with Crippen LogP contribution in [0.1, 0.15) is 11.3 Å². The van der Waals surface area contributed by atoms with E-state index < -0.39 is 11.7 Å². The van der Waals surface area contributed by atoms with Gasteiger partial charge < -0.3 is 5.73 Å². The molecule has 0 aliphatic rings. The average Bonchev–Trinajstić information content (AvgIpc) is 2.02. The molecule has 0 fully saturated rings. The highest BCUT2D eigenvalue weighted by molar-refractivity contribution is 7.80. The molecule has 0 saturated heterocycles. The lowest BCUT2D eigenvalue weighted by molar-refractivity contribution is -0.137. The quantitative estimate of drug-likeness (QED) is 0.774. The van der Waals surface area contributed by atoms with Crippen molar-refractivity contribution in [3.63, 3.8) is 0 Å². The van der Waals surface area contributed by atoms with Gasteiger partial charge in [-0.1, -0.05) is 12.2 Å². The Hall–Kier alpha value is -1.17. The lowest BCUT2D eigenvalue weighted by atomic mass is 10.2. The van der Waals surface area contributed by atoms with E-state index in [1.807, 2.05) is 0 Å². The van der Waals surface area contributed by atoms with Crippen LogP contribution in [0, 0.1) is 0 Å². The van der Waals surface area contributed by atoms with Crippen LogP contribution in [0.3, 0.4) is 0 Å². The number of aromatic nitrogens is 1. The van der Waals surface area contributed by atoms with Gasteiger partial charge in [0.15, 0.2) is 0 Å². The SMILES string of the molecule is NC(=S)Cc1ccc(C(F)(F)F)cn1. The fourth-order valence-electron chi connectivity index (χ4n) is 0.875. The fraction of sp³-hybridized carbons (Fsp3) is 0.250. The van der Waals surface area contributed by atoms with E-state index in [9.17, 15) is 13.2 Å². The Morgan fingerprint density at radius 3 is 2.43 bits per heavy atom. The van der Waals surface area contributed by atoms with Crippen molar-refractivity contribution < 1.29 is 13.2 Å². The zero-order valence-corrected chi connectivity index (χ0v) is 7.82. The highest BCUT2D eigenvalue weighted by Crippen LogP contribution is 2.28. The van der Waals surface area contributed by atoms with E-state index in [0.717, 1.165) is 12.3 Å². The Morgan fingerprint density at radius 1 is 1.43 bits per heavy atom. The van der Waals surface area contributed by atoms with Crippen molar-refractivity contribution in [1.82, 2.24) is 4.98 Å². The molecule has 6 heteroatoms. The van der Waals surface area contributed by atoms with Crippen molar-refractivity contribution in [1.29, 1.82) is 0 Å². The lowest BCUT2D eigenvalue weighted by Crippen LogP contribution is -2.13. The molecule has 0 unspecified atom stereocenters. The maximum absolute atomic E-state index is 12.1. The number of rotatable bonds is 2. The van der Waals surface area contributed by atoms with Crippen LogP contribution >= 0.6 is 12.2 Å². The number of nitrogens with two attached hydrogens (primary N) is 1. The van der Waals surface area contributed by atoms with E-state index >= 15 is 0 Å². The molecule has 0 amide bonds. The second-order valence-corrected chi connectivity index (χ2v) is 3.20. The van der Waals surface area contributed by atoms with Gasteiger partial charge >= 0.3 is 6.18 Å². The smallest absolute Gasteiger partial charge is 0.393 e. The summed E-state index contributed by atoms with van der Waals surface area (Å²) in [7, 11) is 0. The van der Waals surface area contributed by atoms with Gasteiger partial charge in [-0.05, 0) is 12.1 Å². The van der Waals surface area contributed by atoms with Crippen molar-refractivity contribution in [3.8, 4) is 0 Å². The van der Waals surface area contributed by atoms with Gasteiger partial charge in [0.25, 0.3) is 0 Å². The number of pyridine rings is 1. The molecular formula is C8H7F3N2S. The molecule has 1 aromatic heterocycles. The van der Waals surface area contributed by atoms with Crippen LogP contribution in [0.25, 0.3) is 0 Å². The van der Waals surface area contributed by atoms with Crippen molar-refractivity contribution >= 4 is 17.2 Å². The van der Waals surface area contributed by atoms with Gasteiger partial charge in [-0.2, -0.15) is 13.2 Å². The number of alkyl halides is 3. The van der Waals surface area contributed by atoms with Crippen LogP contribution in [0.5, 0.6) is 0 Å². The van der Waals surface area contributed by atoms with Crippen molar-refractivity contribution in [3.05, 3.63) is 29.6 Å². The van der Waals surface area contributed by atoms with Gasteiger partial charge in [0.2, 0.25) is 0 Å². The molecule has 0 bridgehead atoms. The molecule has 0 radical (unpaired) electrons. The molecule has 0 spiro atoms. The third kappa shape index (κ3) is 2.95. The second kappa shape index (κ2) is 3.91. The van der Waals surface area contributed by atoms with Gasteiger partial charge in [-0.25, -0.2) is 0 Å². The molecule has 76 valence electrons. The first-order valence-corrected chi connectivity index (χ1v) is 4.11. The minimum absolute atomic E-state index is 0.206. The van der Waals surface area contributed by atoms with Crippen molar-refractivity contribution in [2.75, 3.05) is 0 Å². The van der Waals surface area contributed by atoms with E-state index in [-0.39, 0.29) is 11.4 Å². The van der Waals surface area contributed by atoms with Crippen LogP contribution in [0.4, 0.5) is 13.2 Å². The first-order valence-electron chi connectivity index (χ1n) is 3.70. The highest BCUT2D eigenvalue weighted by atomic mass is 32.1. The van der Waals surface area contributed by atoms with E-state index in [0.29, 0.717) is 5.69 Å². The molecule has 1 heterocycles. The van der Waals surface area contributed by atoms with Crippen LogP contribution in [-0.4, -0.2) is 9.97 Å². The third-order valence-electron chi connectivity index (χ3n) is 1.51. The summed E-state index contributed by atoms with van der Waals surface area (Å²) in [5.41, 5.74) is 4.88. The summed E-state index contributed by atoms with van der Waals surface area (Å²) in [6.07, 6.45) is -3.37. The molecule has 0 aliphatic carbocycles. The first-order chi connectivity index (χ1) is 6.39. The predicted octanol–water partition coefficient (Wildman–Crippen LogP) is 1.93. The standard InChI is InChI=1S/C8H7F3N2S/c9-8(10,11)5-1-2-6(13-4-5)3-7(12)14/h1-2,4H,3H2,(H2,12,14). The molecule has 0 saturated carbocycles. The Bertz CT molecular complexity index is 331. The monoisotopic (exact) mass is 220 g/mol. The summed E-state index contributed by atoms with van der Waals surface area (Å²) in [5, 5.41) is 0. The van der Waals surface area contributed by atoms with Crippen molar-refractivity contribution in [2.24, 2.45) is 5.73 Å². The van der Waals surface area contributed by atoms with Gasteiger partial charge in [0.1, 0.15) is 0 Å². The summed E-state index contributed by atoms with van der Waals surface area (Å²) >= 11 is 4.60. The Balaban J connectivity index is 2.84. The molecule has 14 heavy (non-hydrogen) atoms. The third-order valence-corrected chi connectivity index (χ3v) is 1.65. The molecule has 0 aliphatic heterocycles. The molecular weight excluding hydrogens is 213 g/mol. The summed E-state index contributed by atoms with van der Waals surface area (Å²) in [4.78, 5) is 3.80. The highest BCUT2D eigenvalue weighted by Gasteiger charge is 2.30. The van der Waals surface area contributed by atoms with Gasteiger partial charge in [0, 0.05) is 18.3 Å². The molecule has 1 rings (SSSR count). The summed E-state index contributed by atoms with van der Waals surface area (Å²) < 4.78 is 36.3. The van der Waals surface area contributed by atoms with Gasteiger partial charge in [-0.3, -0.25) is 4.98 Å². The molecule has 1 aromatic rings. The number of thiocarbonyl (C=S) groups is 1. The van der Waals surface area contributed by atoms with Gasteiger partial charge in [-0.15, -0.1) is 0 Å². The Labute approximate surface area is 83.9 Å². The Kier molecular flexibility index (Phi) is 3.05. The van der Waals surface area contributed by atoms with Crippen LogP contribution in [0.15, 0.2) is 18.3 Å². The maximum atomic E-state index is 12.1. The van der Waals surface area contributed by atoms with E-state index in [1.165, 1.54) is 6.07 Å². The van der Waals surface area contributed by atoms with E-state index in [2.05, 4.69) is 17.2 Å². The number of hydrogen-bond acceptors (Lipinski definition) is 2. The summed E-state index contributed by atoms with van der Waals surface area (Å²) in [5.74, 6) is 0. The first kappa shape index (κ1) is 10.9. The maximum Gasteiger partial charge on any atom is 0.417 e. The minimum Gasteiger partial charge on any atom is -0.393 e. The molecule has 2 nitrogen and oxygen atoms in total. The molecule has 2 N–H and O–H groups in total. The predicted molar refractivity (Wildman–Crippen MR) is 49.7 cm³/mol.